The average molecular weight is 443 g/mol. The fourth-order valence-corrected chi connectivity index (χ4v) is 6.57. The van der Waals surface area contributed by atoms with Crippen LogP contribution >= 0.6 is 11.3 Å². The lowest BCUT2D eigenvalue weighted by molar-refractivity contribution is 0.582. The quantitative estimate of drug-likeness (QED) is 0.305. The van der Waals surface area contributed by atoms with Gasteiger partial charge in [-0.1, -0.05) is 30.3 Å². The number of anilines is 2. The predicted octanol–water partition coefficient (Wildman–Crippen LogP) is 7.11. The molecule has 0 amide bonds. The van der Waals surface area contributed by atoms with Gasteiger partial charge < -0.3 is 25.0 Å². The lowest BCUT2D eigenvalue weighted by Gasteiger charge is -2.17. The number of fused-ring (bicyclic) bond motifs is 6. The first-order valence-electron chi connectivity index (χ1n) is 11.0. The maximum Gasteiger partial charge on any atom is 0.161 e. The van der Waals surface area contributed by atoms with Crippen molar-refractivity contribution in [2.45, 2.75) is 39.3 Å². The van der Waals surface area contributed by atoms with Crippen LogP contribution in [0.2, 0.25) is 0 Å². The van der Waals surface area contributed by atoms with Crippen molar-refractivity contribution >= 4 is 65.8 Å². The summed E-state index contributed by atoms with van der Waals surface area (Å²) in [6.45, 7) is 6.67. The molecule has 1 atom stereocenters. The van der Waals surface area contributed by atoms with E-state index in [0.29, 0.717) is 11.7 Å². The smallest absolute Gasteiger partial charge is 0.161 e. The maximum atomic E-state index is 6.82. The van der Waals surface area contributed by atoms with Gasteiger partial charge in [-0.2, -0.15) is 0 Å². The van der Waals surface area contributed by atoms with Gasteiger partial charge in [0.2, 0.25) is 0 Å². The molecule has 4 N–H and O–H groups in total. The summed E-state index contributed by atoms with van der Waals surface area (Å²) in [5.41, 5.74) is 20.1. The van der Waals surface area contributed by atoms with Gasteiger partial charge in [-0.05, 0) is 39.0 Å². The number of nitrogen functional groups attached to an aromatic ring is 2. The van der Waals surface area contributed by atoms with Gasteiger partial charge in [0.15, 0.2) is 5.58 Å². The minimum atomic E-state index is 0.168. The number of thiophene rings is 1. The van der Waals surface area contributed by atoms with E-state index in [-0.39, 0.29) is 6.04 Å². The van der Waals surface area contributed by atoms with Gasteiger partial charge in [-0.3, -0.25) is 0 Å². The Labute approximate surface area is 189 Å². The molecule has 1 unspecified atom stereocenters. The SMILES string of the molecule is CC(C)n1c2ccccc2c2sc(CC(C)n3c4ccccc4c4occ(N)c43)c(N)c21. The van der Waals surface area contributed by atoms with E-state index in [0.717, 1.165) is 34.1 Å². The molecule has 5 nitrogen and oxygen atoms in total. The number of hydrogen-bond donors (Lipinski definition) is 2. The number of aromatic nitrogens is 2. The summed E-state index contributed by atoms with van der Waals surface area (Å²) in [4.78, 5) is 1.22. The standard InChI is InChI=1S/C26H26N4OS/c1-14(2)29-20-11-7-5-9-17(20)26-24(29)22(28)21(32-26)12-15(3)30-19-10-6-4-8-16(19)25-23(30)18(27)13-31-25/h4-11,13-15H,12,27-28H2,1-3H3. The first-order valence-corrected chi connectivity index (χ1v) is 11.8. The summed E-state index contributed by atoms with van der Waals surface area (Å²) in [7, 11) is 0. The second-order valence-corrected chi connectivity index (χ2v) is 10.0. The Kier molecular flexibility index (Phi) is 4.11. The Morgan fingerprint density at radius 1 is 0.875 bits per heavy atom. The van der Waals surface area contributed by atoms with Crippen LogP contribution in [0, 0.1) is 0 Å². The van der Waals surface area contributed by atoms with Crippen LogP contribution in [0.3, 0.4) is 0 Å². The zero-order valence-electron chi connectivity index (χ0n) is 18.4. The van der Waals surface area contributed by atoms with E-state index >= 15 is 0 Å². The van der Waals surface area contributed by atoms with Gasteiger partial charge in [-0.25, -0.2) is 0 Å². The van der Waals surface area contributed by atoms with Gasteiger partial charge in [0.1, 0.15) is 11.8 Å². The van der Waals surface area contributed by atoms with Crippen LogP contribution in [0.5, 0.6) is 0 Å². The van der Waals surface area contributed by atoms with E-state index in [4.69, 9.17) is 15.9 Å². The van der Waals surface area contributed by atoms with Gasteiger partial charge in [0.05, 0.1) is 32.6 Å². The molecule has 6 rings (SSSR count). The molecule has 6 aromatic rings. The number of furan rings is 1. The Morgan fingerprint density at radius 3 is 2.25 bits per heavy atom. The minimum Gasteiger partial charge on any atom is -0.460 e. The number of para-hydroxylation sites is 2. The summed E-state index contributed by atoms with van der Waals surface area (Å²) in [6, 6.07) is 17.4. The second kappa shape index (κ2) is 6.81. The lowest BCUT2D eigenvalue weighted by Crippen LogP contribution is -2.09. The maximum absolute atomic E-state index is 6.82. The first kappa shape index (κ1) is 19.3. The molecule has 162 valence electrons. The van der Waals surface area contributed by atoms with Gasteiger partial charge >= 0.3 is 0 Å². The number of rotatable bonds is 4. The molecule has 0 bridgehead atoms. The molecule has 4 aromatic heterocycles. The molecule has 0 spiro atoms. The normalized spacial score (nSPS) is 13.4. The number of benzene rings is 2. The third-order valence-electron chi connectivity index (χ3n) is 6.52. The van der Waals surface area contributed by atoms with Crippen molar-refractivity contribution in [3.05, 3.63) is 59.7 Å². The molecule has 0 aliphatic heterocycles. The zero-order valence-corrected chi connectivity index (χ0v) is 19.2. The van der Waals surface area contributed by atoms with Crippen LogP contribution in [0.25, 0.3) is 43.1 Å². The van der Waals surface area contributed by atoms with Crippen LogP contribution in [0.15, 0.2) is 59.2 Å². The summed E-state index contributed by atoms with van der Waals surface area (Å²) in [5.74, 6) is 0. The summed E-state index contributed by atoms with van der Waals surface area (Å²) in [5, 5.41) is 2.37. The predicted molar refractivity (Wildman–Crippen MR) is 137 cm³/mol. The average Bonchev–Trinajstić information content (AvgIpc) is 3.49. The molecule has 0 saturated heterocycles. The Bertz CT molecular complexity index is 1630. The summed E-state index contributed by atoms with van der Waals surface area (Å²) in [6.07, 6.45) is 2.47. The molecule has 2 aromatic carbocycles. The second-order valence-electron chi connectivity index (χ2n) is 8.91. The molecular weight excluding hydrogens is 416 g/mol. The molecule has 4 heterocycles. The van der Waals surface area contributed by atoms with Crippen molar-refractivity contribution in [1.82, 2.24) is 9.13 Å². The van der Waals surface area contributed by atoms with Crippen molar-refractivity contribution in [3.8, 4) is 0 Å². The molecule has 0 aliphatic rings. The molecule has 32 heavy (non-hydrogen) atoms. The lowest BCUT2D eigenvalue weighted by atomic mass is 10.1. The molecule has 6 heteroatoms. The van der Waals surface area contributed by atoms with Crippen LogP contribution in [-0.4, -0.2) is 9.13 Å². The highest BCUT2D eigenvalue weighted by molar-refractivity contribution is 7.20. The Morgan fingerprint density at radius 2 is 1.53 bits per heavy atom. The van der Waals surface area contributed by atoms with E-state index in [1.54, 1.807) is 6.26 Å². The van der Waals surface area contributed by atoms with Crippen LogP contribution in [-0.2, 0) is 6.42 Å². The summed E-state index contributed by atoms with van der Waals surface area (Å²) >= 11 is 1.82. The van der Waals surface area contributed by atoms with E-state index < -0.39 is 0 Å². The molecular formula is C26H26N4OS. The van der Waals surface area contributed by atoms with Crippen molar-refractivity contribution < 1.29 is 4.42 Å². The van der Waals surface area contributed by atoms with Crippen molar-refractivity contribution in [2.75, 3.05) is 11.5 Å². The monoisotopic (exact) mass is 442 g/mol. The minimum absolute atomic E-state index is 0.168. The van der Waals surface area contributed by atoms with Crippen molar-refractivity contribution in [1.29, 1.82) is 0 Å². The zero-order chi connectivity index (χ0) is 22.1. The molecule has 0 aliphatic carbocycles. The molecule has 0 radical (unpaired) electrons. The fourth-order valence-electron chi connectivity index (χ4n) is 5.21. The van der Waals surface area contributed by atoms with Gasteiger partial charge in [0.25, 0.3) is 0 Å². The Hall–Kier alpha value is -3.38. The number of hydrogen-bond acceptors (Lipinski definition) is 4. The largest absolute Gasteiger partial charge is 0.460 e. The number of nitrogens with two attached hydrogens (primary N) is 2. The van der Waals surface area contributed by atoms with E-state index in [1.807, 2.05) is 17.4 Å². The molecule has 0 saturated carbocycles. The van der Waals surface area contributed by atoms with E-state index in [1.165, 1.54) is 26.0 Å². The first-order chi connectivity index (χ1) is 15.5. The van der Waals surface area contributed by atoms with Gasteiger partial charge in [0, 0.05) is 34.2 Å². The van der Waals surface area contributed by atoms with Crippen LogP contribution < -0.4 is 11.5 Å². The fraction of sp³-hybridized carbons (Fsp3) is 0.231. The third kappa shape index (κ3) is 2.50. The van der Waals surface area contributed by atoms with E-state index in [9.17, 15) is 0 Å². The highest BCUT2D eigenvalue weighted by Gasteiger charge is 2.24. The Balaban J connectivity index is 1.52. The van der Waals surface area contributed by atoms with E-state index in [2.05, 4.69) is 72.4 Å². The van der Waals surface area contributed by atoms with Crippen molar-refractivity contribution in [3.63, 3.8) is 0 Å². The molecule has 0 fully saturated rings. The third-order valence-corrected chi connectivity index (χ3v) is 7.77. The van der Waals surface area contributed by atoms with Crippen molar-refractivity contribution in [2.24, 2.45) is 0 Å². The highest BCUT2D eigenvalue weighted by atomic mass is 32.1. The van der Waals surface area contributed by atoms with Crippen LogP contribution in [0.1, 0.15) is 37.7 Å². The van der Waals surface area contributed by atoms with Gasteiger partial charge in [-0.15, -0.1) is 11.3 Å². The highest BCUT2D eigenvalue weighted by Crippen LogP contribution is 2.44. The topological polar surface area (TPSA) is 75.0 Å². The summed E-state index contributed by atoms with van der Waals surface area (Å²) < 4.78 is 11.8. The number of nitrogens with zero attached hydrogens (tertiary/aromatic N) is 2. The van der Waals surface area contributed by atoms with Crippen LogP contribution in [0.4, 0.5) is 11.4 Å².